The van der Waals surface area contributed by atoms with Crippen LogP contribution in [0.15, 0.2) is 53.6 Å². The van der Waals surface area contributed by atoms with Crippen LogP contribution in [0.3, 0.4) is 0 Å². The summed E-state index contributed by atoms with van der Waals surface area (Å²) in [6.07, 6.45) is 5.51. The van der Waals surface area contributed by atoms with Crippen molar-refractivity contribution < 1.29 is 4.79 Å². The molecule has 0 spiro atoms. The molecular weight excluding hydrogens is 243 g/mol. The van der Waals surface area contributed by atoms with Gasteiger partial charge in [0.1, 0.15) is 4.87 Å². The van der Waals surface area contributed by atoms with Crippen molar-refractivity contribution in [1.82, 2.24) is 0 Å². The van der Waals surface area contributed by atoms with Crippen molar-refractivity contribution >= 4 is 29.0 Å². The van der Waals surface area contributed by atoms with Gasteiger partial charge in [-0.15, -0.1) is 11.6 Å². The summed E-state index contributed by atoms with van der Waals surface area (Å²) >= 11 is 12.1. The molecule has 0 amide bonds. The quantitative estimate of drug-likeness (QED) is 0.576. The number of benzene rings is 1. The van der Waals surface area contributed by atoms with Crippen molar-refractivity contribution in [2.45, 2.75) is 11.3 Å². The number of hydrogen-bond acceptors (Lipinski definition) is 1. The molecule has 0 aliphatic heterocycles. The molecule has 0 fully saturated rings. The largest absolute Gasteiger partial charge is 0.292 e. The third kappa shape index (κ3) is 2.21. The Labute approximate surface area is 104 Å². The van der Waals surface area contributed by atoms with Crippen LogP contribution in [-0.4, -0.2) is 10.7 Å². The Kier molecular flexibility index (Phi) is 3.17. The summed E-state index contributed by atoms with van der Waals surface area (Å²) in [5.74, 6) is -0.0913. The molecule has 0 bridgehead atoms. The van der Waals surface area contributed by atoms with Crippen LogP contribution < -0.4 is 0 Å². The maximum Gasteiger partial charge on any atom is 0.187 e. The Morgan fingerprint density at radius 1 is 1.25 bits per heavy atom. The molecule has 1 nitrogen and oxygen atoms in total. The maximum atomic E-state index is 12.2. The lowest BCUT2D eigenvalue weighted by Gasteiger charge is -2.22. The standard InChI is InChI=1S/C13H10Cl2O/c14-11-6-8-13(15,9-7-11)12(16)10-4-2-1-3-5-10/h1-8H,9H2. The van der Waals surface area contributed by atoms with Crippen LogP contribution in [0.2, 0.25) is 0 Å². The molecule has 0 N–H and O–H groups in total. The van der Waals surface area contributed by atoms with Gasteiger partial charge >= 0.3 is 0 Å². The fraction of sp³-hybridized carbons (Fsp3) is 0.154. The van der Waals surface area contributed by atoms with Crippen LogP contribution in [0, 0.1) is 0 Å². The second-order valence-corrected chi connectivity index (χ2v) is 4.79. The summed E-state index contributed by atoms with van der Waals surface area (Å²) in [5, 5.41) is 0.622. The molecule has 0 aromatic heterocycles. The van der Waals surface area contributed by atoms with Gasteiger partial charge in [-0.1, -0.05) is 54.1 Å². The van der Waals surface area contributed by atoms with Crippen molar-refractivity contribution in [1.29, 1.82) is 0 Å². The zero-order valence-corrected chi connectivity index (χ0v) is 10.0. The Morgan fingerprint density at radius 2 is 1.94 bits per heavy atom. The summed E-state index contributed by atoms with van der Waals surface area (Å²) in [4.78, 5) is 11.2. The van der Waals surface area contributed by atoms with Crippen molar-refractivity contribution in [2.24, 2.45) is 0 Å². The average Bonchev–Trinajstić information content (AvgIpc) is 2.33. The minimum absolute atomic E-state index is 0.0913. The van der Waals surface area contributed by atoms with E-state index in [0.29, 0.717) is 17.0 Å². The highest BCUT2D eigenvalue weighted by molar-refractivity contribution is 6.40. The molecule has 0 saturated carbocycles. The molecule has 0 radical (unpaired) electrons. The first-order valence-electron chi connectivity index (χ1n) is 4.95. The first kappa shape index (κ1) is 11.4. The SMILES string of the molecule is O=C(c1ccccc1)C1(Cl)C=CC(Cl)=CC1. The lowest BCUT2D eigenvalue weighted by Crippen LogP contribution is -2.31. The number of halogens is 2. The van der Waals surface area contributed by atoms with E-state index in [1.165, 1.54) is 0 Å². The molecule has 82 valence electrons. The van der Waals surface area contributed by atoms with E-state index in [4.69, 9.17) is 23.2 Å². The zero-order chi connectivity index (χ0) is 11.6. The smallest absolute Gasteiger partial charge is 0.187 e. The molecule has 0 saturated heterocycles. The van der Waals surface area contributed by atoms with Gasteiger partial charge in [0.05, 0.1) is 0 Å². The van der Waals surface area contributed by atoms with Crippen molar-refractivity contribution in [2.75, 3.05) is 0 Å². The summed E-state index contributed by atoms with van der Waals surface area (Å²) in [6.45, 7) is 0. The second kappa shape index (κ2) is 4.44. The molecule has 16 heavy (non-hydrogen) atoms. The van der Waals surface area contributed by atoms with Crippen molar-refractivity contribution in [3.63, 3.8) is 0 Å². The highest BCUT2D eigenvalue weighted by atomic mass is 35.5. The van der Waals surface area contributed by atoms with E-state index >= 15 is 0 Å². The van der Waals surface area contributed by atoms with Crippen LogP contribution >= 0.6 is 23.2 Å². The van der Waals surface area contributed by atoms with Crippen LogP contribution in [0.25, 0.3) is 0 Å². The molecule has 1 atom stereocenters. The highest BCUT2D eigenvalue weighted by Crippen LogP contribution is 2.32. The summed E-state index contributed by atoms with van der Waals surface area (Å²) < 4.78 is 0. The van der Waals surface area contributed by atoms with Gasteiger partial charge in [0, 0.05) is 10.6 Å². The number of carbonyl (C=O) groups excluding carboxylic acids is 1. The number of carbonyl (C=O) groups is 1. The zero-order valence-electron chi connectivity index (χ0n) is 8.49. The van der Waals surface area contributed by atoms with Crippen LogP contribution in [0.1, 0.15) is 16.8 Å². The lowest BCUT2D eigenvalue weighted by molar-refractivity contribution is 0.0959. The number of allylic oxidation sites excluding steroid dienone is 4. The van der Waals surface area contributed by atoms with Crippen LogP contribution in [0.5, 0.6) is 0 Å². The minimum atomic E-state index is -0.986. The second-order valence-electron chi connectivity index (χ2n) is 3.68. The number of rotatable bonds is 2. The fourth-order valence-corrected chi connectivity index (χ4v) is 1.98. The van der Waals surface area contributed by atoms with Gasteiger partial charge in [0.25, 0.3) is 0 Å². The third-order valence-electron chi connectivity index (χ3n) is 2.51. The Bertz CT molecular complexity index is 462. The molecule has 1 aromatic rings. The molecule has 1 aliphatic rings. The Hall–Kier alpha value is -1.05. The van der Waals surface area contributed by atoms with E-state index in [1.807, 2.05) is 18.2 Å². The van der Waals surface area contributed by atoms with E-state index in [2.05, 4.69) is 0 Å². The van der Waals surface area contributed by atoms with Gasteiger partial charge in [-0.3, -0.25) is 4.79 Å². The van der Waals surface area contributed by atoms with E-state index in [9.17, 15) is 4.79 Å². The first-order chi connectivity index (χ1) is 7.62. The minimum Gasteiger partial charge on any atom is -0.292 e. The highest BCUT2D eigenvalue weighted by Gasteiger charge is 2.34. The molecular formula is C13H10Cl2O. The molecule has 1 aliphatic carbocycles. The van der Waals surface area contributed by atoms with Gasteiger partial charge in [0.15, 0.2) is 5.78 Å². The Morgan fingerprint density at radius 3 is 2.50 bits per heavy atom. The molecule has 1 aromatic carbocycles. The van der Waals surface area contributed by atoms with Crippen molar-refractivity contribution in [3.8, 4) is 0 Å². The normalized spacial score (nSPS) is 24.0. The fourth-order valence-electron chi connectivity index (χ4n) is 1.59. The predicted octanol–water partition coefficient (Wildman–Crippen LogP) is 3.93. The van der Waals surface area contributed by atoms with Crippen molar-refractivity contribution in [3.05, 3.63) is 59.2 Å². The summed E-state index contributed by atoms with van der Waals surface area (Å²) in [5.41, 5.74) is 0.619. The van der Waals surface area contributed by atoms with Crippen LogP contribution in [-0.2, 0) is 0 Å². The lowest BCUT2D eigenvalue weighted by atomic mass is 9.91. The summed E-state index contributed by atoms with van der Waals surface area (Å²) in [7, 11) is 0. The monoisotopic (exact) mass is 252 g/mol. The predicted molar refractivity (Wildman–Crippen MR) is 67.0 cm³/mol. The molecule has 3 heteroatoms. The number of Topliss-reactive ketones (excluding diaryl/α,β-unsaturated/α-hetero) is 1. The Balaban J connectivity index is 2.27. The third-order valence-corrected chi connectivity index (χ3v) is 3.25. The molecule has 0 heterocycles. The van der Waals surface area contributed by atoms with Gasteiger partial charge in [-0.25, -0.2) is 0 Å². The number of ketones is 1. The van der Waals surface area contributed by atoms with E-state index in [-0.39, 0.29) is 5.78 Å². The van der Waals surface area contributed by atoms with E-state index in [1.54, 1.807) is 30.4 Å². The van der Waals surface area contributed by atoms with Gasteiger partial charge in [0.2, 0.25) is 0 Å². The molecule has 1 unspecified atom stereocenters. The molecule has 2 rings (SSSR count). The van der Waals surface area contributed by atoms with Gasteiger partial charge in [-0.05, 0) is 12.5 Å². The topological polar surface area (TPSA) is 17.1 Å². The first-order valence-corrected chi connectivity index (χ1v) is 5.71. The number of alkyl halides is 1. The van der Waals surface area contributed by atoms with E-state index < -0.39 is 4.87 Å². The van der Waals surface area contributed by atoms with Gasteiger partial charge in [-0.2, -0.15) is 0 Å². The average molecular weight is 253 g/mol. The summed E-state index contributed by atoms with van der Waals surface area (Å²) in [6, 6.07) is 9.04. The van der Waals surface area contributed by atoms with Crippen LogP contribution in [0.4, 0.5) is 0 Å². The van der Waals surface area contributed by atoms with E-state index in [0.717, 1.165) is 0 Å². The number of hydrogen-bond donors (Lipinski definition) is 0. The van der Waals surface area contributed by atoms with Gasteiger partial charge < -0.3 is 0 Å². The maximum absolute atomic E-state index is 12.2.